The Hall–Kier alpha value is -4.07. The van der Waals surface area contributed by atoms with Gasteiger partial charge in [-0.05, 0) is 61.2 Å². The highest BCUT2D eigenvalue weighted by molar-refractivity contribution is 6.09. The van der Waals surface area contributed by atoms with Crippen LogP contribution in [0.25, 0.3) is 10.9 Å². The highest BCUT2D eigenvalue weighted by atomic mass is 16.3. The first-order chi connectivity index (χ1) is 16.5. The molecule has 0 spiro atoms. The van der Waals surface area contributed by atoms with E-state index in [1.54, 1.807) is 18.5 Å². The Morgan fingerprint density at radius 1 is 1.18 bits per heavy atom. The SMILES string of the molecule is Cc1cc(O)nc2ccc(NC(=O)c3cc(CN(C)c4ncc[nH]4)ccc3N3CCCC3)cc12. The van der Waals surface area contributed by atoms with Crippen LogP contribution < -0.4 is 15.1 Å². The summed E-state index contributed by atoms with van der Waals surface area (Å²) < 4.78 is 0. The normalized spacial score (nSPS) is 13.4. The minimum atomic E-state index is -0.145. The van der Waals surface area contributed by atoms with Crippen LogP contribution in [0.4, 0.5) is 17.3 Å². The van der Waals surface area contributed by atoms with Crippen molar-refractivity contribution in [1.29, 1.82) is 0 Å². The first-order valence-corrected chi connectivity index (χ1v) is 11.5. The van der Waals surface area contributed by atoms with Crippen LogP contribution >= 0.6 is 0 Å². The standard InChI is InChI=1S/C26H28N6O2/c1-17-13-24(33)30-22-7-6-19(15-20(17)22)29-25(34)21-14-18(16-31(2)26-27-9-10-28-26)5-8-23(21)32-11-3-4-12-32/h5-10,13-15H,3-4,11-12,16H2,1-2H3,(H,27,28)(H,29,34)(H,30,33). The van der Waals surface area contributed by atoms with Crippen LogP contribution in [0.1, 0.15) is 34.3 Å². The van der Waals surface area contributed by atoms with Crippen LogP contribution in [0.3, 0.4) is 0 Å². The zero-order chi connectivity index (χ0) is 23.7. The Kier molecular flexibility index (Phi) is 5.79. The summed E-state index contributed by atoms with van der Waals surface area (Å²) in [7, 11) is 1.97. The zero-order valence-electron chi connectivity index (χ0n) is 19.4. The van der Waals surface area contributed by atoms with Gasteiger partial charge in [0.2, 0.25) is 11.8 Å². The second-order valence-electron chi connectivity index (χ2n) is 8.80. The van der Waals surface area contributed by atoms with E-state index in [0.717, 1.165) is 54.1 Å². The van der Waals surface area contributed by atoms with E-state index < -0.39 is 0 Å². The van der Waals surface area contributed by atoms with Crippen molar-refractivity contribution in [1.82, 2.24) is 15.0 Å². The van der Waals surface area contributed by atoms with E-state index in [1.807, 2.05) is 43.1 Å². The number of carbonyl (C=O) groups is 1. The molecular weight excluding hydrogens is 428 g/mol. The Labute approximate surface area is 198 Å². The number of benzene rings is 2. The number of carbonyl (C=O) groups excluding carboxylic acids is 1. The van der Waals surface area contributed by atoms with Crippen LogP contribution in [0.5, 0.6) is 5.88 Å². The van der Waals surface area contributed by atoms with Crippen molar-refractivity contribution in [3.8, 4) is 5.88 Å². The number of fused-ring (bicyclic) bond motifs is 1. The number of pyridine rings is 1. The number of aromatic nitrogens is 3. The predicted molar refractivity (Wildman–Crippen MR) is 135 cm³/mol. The first kappa shape index (κ1) is 21.8. The van der Waals surface area contributed by atoms with Crippen molar-refractivity contribution in [2.75, 3.05) is 35.3 Å². The zero-order valence-corrected chi connectivity index (χ0v) is 19.4. The van der Waals surface area contributed by atoms with E-state index in [-0.39, 0.29) is 11.8 Å². The molecule has 1 amide bonds. The number of H-pyrrole nitrogens is 1. The van der Waals surface area contributed by atoms with Gasteiger partial charge in [-0.3, -0.25) is 4.79 Å². The molecule has 1 saturated heterocycles. The smallest absolute Gasteiger partial charge is 0.257 e. The van der Waals surface area contributed by atoms with Gasteiger partial charge in [-0.25, -0.2) is 9.97 Å². The number of aromatic hydroxyl groups is 1. The average molecular weight is 457 g/mol. The number of aromatic amines is 1. The molecule has 1 fully saturated rings. The van der Waals surface area contributed by atoms with Crippen molar-refractivity contribution in [2.24, 2.45) is 0 Å². The van der Waals surface area contributed by atoms with Crippen molar-refractivity contribution < 1.29 is 9.90 Å². The number of amides is 1. The Morgan fingerprint density at radius 3 is 2.76 bits per heavy atom. The lowest BCUT2D eigenvalue weighted by Gasteiger charge is -2.23. The minimum absolute atomic E-state index is 0.00614. The molecule has 0 bridgehead atoms. The van der Waals surface area contributed by atoms with Gasteiger partial charge in [0.15, 0.2) is 0 Å². The van der Waals surface area contributed by atoms with Crippen LogP contribution in [0.15, 0.2) is 54.9 Å². The average Bonchev–Trinajstić information content (AvgIpc) is 3.54. The fraction of sp³-hybridized carbons (Fsp3) is 0.269. The van der Waals surface area contributed by atoms with E-state index in [9.17, 15) is 9.90 Å². The van der Waals surface area contributed by atoms with Gasteiger partial charge in [0.25, 0.3) is 5.91 Å². The number of hydrogen-bond acceptors (Lipinski definition) is 6. The maximum Gasteiger partial charge on any atom is 0.257 e. The molecule has 34 heavy (non-hydrogen) atoms. The summed E-state index contributed by atoms with van der Waals surface area (Å²) in [5, 5.41) is 13.7. The topological polar surface area (TPSA) is 97.4 Å². The number of hydrogen-bond donors (Lipinski definition) is 3. The highest BCUT2D eigenvalue weighted by Gasteiger charge is 2.21. The van der Waals surface area contributed by atoms with E-state index >= 15 is 0 Å². The largest absolute Gasteiger partial charge is 0.493 e. The minimum Gasteiger partial charge on any atom is -0.493 e. The van der Waals surface area contributed by atoms with Gasteiger partial charge < -0.3 is 25.2 Å². The number of imidazole rings is 1. The lowest BCUT2D eigenvalue weighted by atomic mass is 10.1. The van der Waals surface area contributed by atoms with Gasteiger partial charge >= 0.3 is 0 Å². The fourth-order valence-electron chi connectivity index (χ4n) is 4.56. The lowest BCUT2D eigenvalue weighted by Crippen LogP contribution is -2.24. The van der Waals surface area contributed by atoms with Crippen molar-refractivity contribution >= 4 is 34.1 Å². The second-order valence-corrected chi connectivity index (χ2v) is 8.80. The molecule has 1 aliphatic heterocycles. The summed E-state index contributed by atoms with van der Waals surface area (Å²) in [6.45, 7) is 4.45. The molecule has 1 aliphatic rings. The highest BCUT2D eigenvalue weighted by Crippen LogP contribution is 2.29. The van der Waals surface area contributed by atoms with Crippen molar-refractivity contribution in [3.63, 3.8) is 0 Å². The van der Waals surface area contributed by atoms with Crippen molar-refractivity contribution in [2.45, 2.75) is 26.3 Å². The maximum atomic E-state index is 13.5. The second kappa shape index (κ2) is 9.05. The molecule has 0 atom stereocenters. The quantitative estimate of drug-likeness (QED) is 0.396. The third kappa shape index (κ3) is 4.39. The third-order valence-electron chi connectivity index (χ3n) is 6.28. The number of nitrogens with one attached hydrogen (secondary N) is 2. The van der Waals surface area contributed by atoms with Gasteiger partial charge in [0, 0.05) is 61.9 Å². The molecule has 0 unspecified atom stereocenters. The molecule has 0 saturated carbocycles. The third-order valence-corrected chi connectivity index (χ3v) is 6.28. The summed E-state index contributed by atoms with van der Waals surface area (Å²) in [6, 6.07) is 13.3. The molecule has 0 radical (unpaired) electrons. The first-order valence-electron chi connectivity index (χ1n) is 11.5. The Morgan fingerprint density at radius 2 is 2.00 bits per heavy atom. The molecule has 8 nitrogen and oxygen atoms in total. The summed E-state index contributed by atoms with van der Waals surface area (Å²) in [6.07, 6.45) is 5.79. The molecule has 2 aromatic heterocycles. The number of aryl methyl sites for hydroxylation is 1. The Bertz CT molecular complexity index is 1330. The summed E-state index contributed by atoms with van der Waals surface area (Å²) in [5.74, 6) is 0.627. The van der Waals surface area contributed by atoms with Gasteiger partial charge in [0.05, 0.1) is 11.1 Å². The summed E-state index contributed by atoms with van der Waals surface area (Å²) >= 11 is 0. The number of anilines is 3. The monoisotopic (exact) mass is 456 g/mol. The molecule has 174 valence electrons. The molecule has 5 rings (SSSR count). The Balaban J connectivity index is 1.45. The van der Waals surface area contributed by atoms with Gasteiger partial charge in [-0.1, -0.05) is 6.07 Å². The molecule has 8 heteroatoms. The molecule has 3 heterocycles. The van der Waals surface area contributed by atoms with Gasteiger partial charge in [0.1, 0.15) is 0 Å². The van der Waals surface area contributed by atoms with Gasteiger partial charge in [-0.15, -0.1) is 0 Å². The van der Waals surface area contributed by atoms with Crippen LogP contribution in [0, 0.1) is 6.92 Å². The van der Waals surface area contributed by atoms with E-state index in [2.05, 4.69) is 37.3 Å². The van der Waals surface area contributed by atoms with E-state index in [0.29, 0.717) is 23.3 Å². The predicted octanol–water partition coefficient (Wildman–Crippen LogP) is 4.46. The maximum absolute atomic E-state index is 13.5. The molecule has 3 N–H and O–H groups in total. The molecule has 4 aromatic rings. The van der Waals surface area contributed by atoms with Crippen LogP contribution in [-0.4, -0.2) is 46.1 Å². The van der Waals surface area contributed by atoms with E-state index in [4.69, 9.17) is 0 Å². The number of rotatable bonds is 6. The molecule has 2 aromatic carbocycles. The van der Waals surface area contributed by atoms with Crippen LogP contribution in [-0.2, 0) is 6.54 Å². The number of nitrogens with zero attached hydrogens (tertiary/aromatic N) is 4. The van der Waals surface area contributed by atoms with Crippen LogP contribution in [0.2, 0.25) is 0 Å². The van der Waals surface area contributed by atoms with Gasteiger partial charge in [-0.2, -0.15) is 0 Å². The summed E-state index contributed by atoms with van der Waals surface area (Å²) in [5.41, 5.74) is 4.94. The molecule has 0 aliphatic carbocycles. The van der Waals surface area contributed by atoms with Crippen molar-refractivity contribution in [3.05, 3.63) is 71.5 Å². The summed E-state index contributed by atoms with van der Waals surface area (Å²) in [4.78, 5) is 29.4. The fourth-order valence-corrected chi connectivity index (χ4v) is 4.56. The van der Waals surface area contributed by atoms with E-state index in [1.165, 1.54) is 0 Å². The molecular formula is C26H28N6O2. The lowest BCUT2D eigenvalue weighted by molar-refractivity contribution is 0.102.